The van der Waals surface area contributed by atoms with Crippen LogP contribution in [0.4, 0.5) is 0 Å². The van der Waals surface area contributed by atoms with Gasteiger partial charge >= 0.3 is 0 Å². The number of carbonyl (C=O) groups excluding carboxylic acids is 1. The summed E-state index contributed by atoms with van der Waals surface area (Å²) in [5, 5.41) is 8.28. The van der Waals surface area contributed by atoms with Crippen molar-refractivity contribution in [2.45, 2.75) is 23.9 Å². The monoisotopic (exact) mass is 468 g/mol. The maximum absolute atomic E-state index is 13.0. The van der Waals surface area contributed by atoms with Gasteiger partial charge in [0.2, 0.25) is 11.8 Å². The predicted octanol–water partition coefficient (Wildman–Crippen LogP) is 3.58. The summed E-state index contributed by atoms with van der Waals surface area (Å²) in [7, 11) is 3.17. The van der Waals surface area contributed by atoms with E-state index < -0.39 is 0 Å². The second kappa shape index (κ2) is 10.7. The maximum atomic E-state index is 13.0. The molecule has 33 heavy (non-hydrogen) atoms. The summed E-state index contributed by atoms with van der Waals surface area (Å²) in [5.41, 5.74) is 1.99. The quantitative estimate of drug-likeness (QED) is 0.464. The number of thioether (sulfide) groups is 1. The topological polar surface area (TPSA) is 80.9 Å². The minimum atomic E-state index is -0.321. The maximum Gasteiger partial charge on any atom is 0.277 e. The number of hydrogen-bond donors (Lipinski definition) is 0. The molecule has 3 aromatic rings. The van der Waals surface area contributed by atoms with Gasteiger partial charge in [-0.3, -0.25) is 9.69 Å². The molecule has 8 nitrogen and oxygen atoms in total. The molecule has 0 radical (unpaired) electrons. The molecule has 9 heteroatoms. The second-order valence-electron chi connectivity index (χ2n) is 7.82. The molecule has 0 aliphatic carbocycles. The Kier molecular flexibility index (Phi) is 7.51. The van der Waals surface area contributed by atoms with Crippen molar-refractivity contribution in [2.24, 2.45) is 0 Å². The van der Waals surface area contributed by atoms with Gasteiger partial charge in [-0.05, 0) is 24.6 Å². The van der Waals surface area contributed by atoms with E-state index in [0.717, 1.165) is 32.7 Å². The van der Waals surface area contributed by atoms with Crippen molar-refractivity contribution in [1.29, 1.82) is 0 Å². The SMILES string of the molecule is COc1cc(OC)cc(-c2nnc(SC(C)C(=O)N3CCN(Cc4ccccc4)CC3)o2)c1. The van der Waals surface area contributed by atoms with E-state index in [1.54, 1.807) is 32.4 Å². The van der Waals surface area contributed by atoms with E-state index in [0.29, 0.717) is 28.2 Å². The zero-order chi connectivity index (χ0) is 23.2. The Morgan fingerprint density at radius 3 is 2.33 bits per heavy atom. The highest BCUT2D eigenvalue weighted by Gasteiger charge is 2.27. The summed E-state index contributed by atoms with van der Waals surface area (Å²) in [6.45, 7) is 5.94. The first-order chi connectivity index (χ1) is 16.1. The third-order valence-corrected chi connectivity index (χ3v) is 6.48. The van der Waals surface area contributed by atoms with Gasteiger partial charge in [-0.1, -0.05) is 42.1 Å². The van der Waals surface area contributed by atoms with Crippen LogP contribution in [-0.2, 0) is 11.3 Å². The van der Waals surface area contributed by atoms with Gasteiger partial charge in [0.25, 0.3) is 5.22 Å². The molecule has 1 amide bonds. The Labute approximate surface area is 197 Å². The van der Waals surface area contributed by atoms with E-state index in [2.05, 4.69) is 39.4 Å². The van der Waals surface area contributed by atoms with E-state index in [1.807, 2.05) is 17.9 Å². The van der Waals surface area contributed by atoms with Gasteiger partial charge in [-0.15, -0.1) is 10.2 Å². The second-order valence-corrected chi connectivity index (χ2v) is 9.11. The highest BCUT2D eigenvalue weighted by atomic mass is 32.2. The normalized spacial score (nSPS) is 15.3. The van der Waals surface area contributed by atoms with Crippen LogP contribution < -0.4 is 9.47 Å². The molecule has 1 atom stereocenters. The smallest absolute Gasteiger partial charge is 0.277 e. The Hall–Kier alpha value is -3.04. The number of nitrogens with zero attached hydrogens (tertiary/aromatic N) is 4. The number of rotatable bonds is 8. The third-order valence-electron chi connectivity index (χ3n) is 5.56. The summed E-state index contributed by atoms with van der Waals surface area (Å²) in [5.74, 6) is 1.70. The molecule has 2 heterocycles. The van der Waals surface area contributed by atoms with Gasteiger partial charge in [0.1, 0.15) is 11.5 Å². The average Bonchev–Trinajstić information content (AvgIpc) is 3.33. The van der Waals surface area contributed by atoms with Crippen molar-refractivity contribution < 1.29 is 18.7 Å². The number of methoxy groups -OCH3 is 2. The van der Waals surface area contributed by atoms with Crippen LogP contribution in [0.5, 0.6) is 11.5 Å². The first-order valence-electron chi connectivity index (χ1n) is 10.8. The van der Waals surface area contributed by atoms with E-state index >= 15 is 0 Å². The number of carbonyl (C=O) groups is 1. The van der Waals surface area contributed by atoms with Gasteiger partial charge in [0.15, 0.2) is 0 Å². The molecule has 1 aliphatic rings. The molecule has 1 fully saturated rings. The molecule has 4 rings (SSSR count). The molecule has 1 saturated heterocycles. The van der Waals surface area contributed by atoms with Crippen molar-refractivity contribution in [3.63, 3.8) is 0 Å². The van der Waals surface area contributed by atoms with Gasteiger partial charge in [-0.25, -0.2) is 0 Å². The summed E-state index contributed by atoms with van der Waals surface area (Å²) in [6, 6.07) is 15.8. The van der Waals surface area contributed by atoms with Crippen molar-refractivity contribution in [3.8, 4) is 23.0 Å². The van der Waals surface area contributed by atoms with Crippen LogP contribution in [0.1, 0.15) is 12.5 Å². The fourth-order valence-electron chi connectivity index (χ4n) is 3.73. The van der Waals surface area contributed by atoms with Crippen molar-refractivity contribution in [1.82, 2.24) is 20.0 Å². The van der Waals surface area contributed by atoms with E-state index in [9.17, 15) is 4.79 Å². The lowest BCUT2D eigenvalue weighted by atomic mass is 10.2. The first-order valence-corrected chi connectivity index (χ1v) is 11.7. The summed E-state index contributed by atoms with van der Waals surface area (Å²) >= 11 is 1.28. The third kappa shape index (κ3) is 5.85. The Morgan fingerprint density at radius 2 is 1.70 bits per heavy atom. The lowest BCUT2D eigenvalue weighted by Gasteiger charge is -2.35. The molecule has 0 spiro atoms. The fourth-order valence-corrected chi connectivity index (χ4v) is 4.50. The molecule has 0 saturated carbocycles. The molecule has 2 aromatic carbocycles. The Morgan fingerprint density at radius 1 is 1.03 bits per heavy atom. The number of aromatic nitrogens is 2. The summed E-state index contributed by atoms with van der Waals surface area (Å²) < 4.78 is 16.4. The highest BCUT2D eigenvalue weighted by molar-refractivity contribution is 8.00. The van der Waals surface area contributed by atoms with Gasteiger partial charge in [0.05, 0.1) is 19.5 Å². The van der Waals surface area contributed by atoms with Crippen LogP contribution >= 0.6 is 11.8 Å². The Balaban J connectivity index is 1.32. The van der Waals surface area contributed by atoms with Crippen LogP contribution in [0.25, 0.3) is 11.5 Å². The minimum Gasteiger partial charge on any atom is -0.497 e. The number of ether oxygens (including phenoxy) is 2. The fraction of sp³-hybridized carbons (Fsp3) is 0.375. The van der Waals surface area contributed by atoms with E-state index in [1.165, 1.54) is 17.3 Å². The number of amides is 1. The van der Waals surface area contributed by atoms with Crippen LogP contribution in [0, 0.1) is 0 Å². The summed E-state index contributed by atoms with van der Waals surface area (Å²) in [6.07, 6.45) is 0. The number of piperazine rings is 1. The van der Waals surface area contributed by atoms with E-state index in [4.69, 9.17) is 13.9 Å². The standard InChI is InChI=1S/C24H28N4O4S/c1-17(23(29)28-11-9-27(10-12-28)16-18-7-5-4-6-8-18)33-24-26-25-22(32-24)19-13-20(30-2)15-21(14-19)31-3/h4-8,13-15,17H,9-12,16H2,1-3H3. The lowest BCUT2D eigenvalue weighted by molar-refractivity contribution is -0.132. The van der Waals surface area contributed by atoms with Crippen LogP contribution in [0.15, 0.2) is 58.2 Å². The first kappa shape index (κ1) is 23.1. The molecule has 1 aromatic heterocycles. The number of hydrogen-bond acceptors (Lipinski definition) is 8. The highest BCUT2D eigenvalue weighted by Crippen LogP contribution is 2.31. The summed E-state index contributed by atoms with van der Waals surface area (Å²) in [4.78, 5) is 17.3. The zero-order valence-corrected chi connectivity index (χ0v) is 19.9. The molecule has 1 aliphatic heterocycles. The van der Waals surface area contributed by atoms with Crippen molar-refractivity contribution in [2.75, 3.05) is 40.4 Å². The zero-order valence-electron chi connectivity index (χ0n) is 19.1. The molecule has 174 valence electrons. The number of benzene rings is 2. The van der Waals surface area contributed by atoms with Crippen LogP contribution in [0.3, 0.4) is 0 Å². The van der Waals surface area contributed by atoms with E-state index in [-0.39, 0.29) is 11.2 Å². The molecule has 1 unspecified atom stereocenters. The van der Waals surface area contributed by atoms with Crippen molar-refractivity contribution in [3.05, 3.63) is 54.1 Å². The van der Waals surface area contributed by atoms with Gasteiger partial charge < -0.3 is 18.8 Å². The predicted molar refractivity (Wildman–Crippen MR) is 126 cm³/mol. The largest absolute Gasteiger partial charge is 0.497 e. The van der Waals surface area contributed by atoms with Crippen LogP contribution in [-0.4, -0.2) is 71.6 Å². The minimum absolute atomic E-state index is 0.0853. The molecular weight excluding hydrogens is 440 g/mol. The van der Waals surface area contributed by atoms with Gasteiger partial charge in [-0.2, -0.15) is 0 Å². The molecular formula is C24H28N4O4S. The van der Waals surface area contributed by atoms with Crippen molar-refractivity contribution >= 4 is 17.7 Å². The van der Waals surface area contributed by atoms with Gasteiger partial charge in [0, 0.05) is 44.4 Å². The lowest BCUT2D eigenvalue weighted by Crippen LogP contribution is -2.50. The molecule has 0 bridgehead atoms. The van der Waals surface area contributed by atoms with Crippen LogP contribution in [0.2, 0.25) is 0 Å². The Bertz CT molecular complexity index is 1050. The average molecular weight is 469 g/mol. The molecule has 0 N–H and O–H groups in total.